The smallest absolute Gasteiger partial charge is 0.0114 e. The first-order chi connectivity index (χ1) is 7.03. The average molecular weight is 226 g/mol. The van der Waals surface area contributed by atoms with Crippen LogP contribution in [0.15, 0.2) is 12.2 Å². The van der Waals surface area contributed by atoms with Crippen LogP contribution in [0.25, 0.3) is 0 Å². The van der Waals surface area contributed by atoms with Crippen LogP contribution in [0, 0.1) is 23.2 Å². The summed E-state index contributed by atoms with van der Waals surface area (Å²) in [4.78, 5) is 0. The van der Waals surface area contributed by atoms with E-state index in [1.54, 1.807) is 0 Å². The van der Waals surface area contributed by atoms with Gasteiger partial charge in [0.2, 0.25) is 0 Å². The quantitative estimate of drug-likeness (QED) is 0.449. The molecule has 2 aliphatic carbocycles. The van der Waals surface area contributed by atoms with Gasteiger partial charge in [-0.15, -0.1) is 0 Å². The van der Waals surface area contributed by atoms with Gasteiger partial charge in [0.15, 0.2) is 0 Å². The molecule has 0 saturated heterocycles. The van der Waals surface area contributed by atoms with Gasteiger partial charge in [0, 0.05) is 0 Å². The lowest BCUT2D eigenvalue weighted by Gasteiger charge is -2.36. The number of rotatable bonds is 0. The molecule has 0 nitrogen and oxygen atoms in total. The van der Waals surface area contributed by atoms with Gasteiger partial charge < -0.3 is 0 Å². The number of allylic oxidation sites excluding steroid dienone is 1. The van der Waals surface area contributed by atoms with E-state index >= 15 is 0 Å². The standard InChI is InChI=1S/C11H18.2C2H6.CH4/c1-7-5-9-6-10(7)11(3,4)8(9)2;2*1-2;/h7,9-10H,2,5-6H2,1,3-4H3;2*1-2H3;1H4. The first-order valence-corrected chi connectivity index (χ1v) is 6.72. The average Bonchev–Trinajstić information content (AvgIpc) is 2.73. The Morgan fingerprint density at radius 3 is 1.75 bits per heavy atom. The molecule has 0 aliphatic heterocycles. The zero-order valence-electron chi connectivity index (χ0n) is 11.9. The van der Waals surface area contributed by atoms with Crippen molar-refractivity contribution in [2.75, 3.05) is 0 Å². The van der Waals surface area contributed by atoms with E-state index in [1.807, 2.05) is 27.7 Å². The summed E-state index contributed by atoms with van der Waals surface area (Å²) < 4.78 is 0. The highest BCUT2D eigenvalue weighted by Crippen LogP contribution is 2.60. The maximum atomic E-state index is 4.22. The van der Waals surface area contributed by atoms with Crippen molar-refractivity contribution in [3.05, 3.63) is 12.2 Å². The maximum Gasteiger partial charge on any atom is -0.0114 e. The molecule has 0 radical (unpaired) electrons. The van der Waals surface area contributed by atoms with Crippen molar-refractivity contribution in [3.63, 3.8) is 0 Å². The summed E-state index contributed by atoms with van der Waals surface area (Å²) in [7, 11) is 0. The maximum absolute atomic E-state index is 4.22. The summed E-state index contributed by atoms with van der Waals surface area (Å²) in [5.41, 5.74) is 1.98. The van der Waals surface area contributed by atoms with Gasteiger partial charge in [0.25, 0.3) is 0 Å². The lowest BCUT2D eigenvalue weighted by molar-refractivity contribution is 0.220. The molecule has 16 heavy (non-hydrogen) atoms. The molecule has 3 unspecified atom stereocenters. The number of hydrogen-bond acceptors (Lipinski definition) is 0. The van der Waals surface area contributed by atoms with Crippen LogP contribution in [0.1, 0.15) is 68.7 Å². The lowest BCUT2D eigenvalue weighted by Crippen LogP contribution is -2.27. The zero-order chi connectivity index (χ0) is 12.2. The Kier molecular flexibility index (Phi) is 8.09. The molecule has 3 atom stereocenters. The molecule has 0 amide bonds. The van der Waals surface area contributed by atoms with Crippen LogP contribution in [0.5, 0.6) is 0 Å². The normalized spacial score (nSPS) is 32.9. The van der Waals surface area contributed by atoms with Crippen LogP contribution < -0.4 is 0 Å². The second-order valence-corrected chi connectivity index (χ2v) is 5.00. The van der Waals surface area contributed by atoms with E-state index in [-0.39, 0.29) is 7.43 Å². The van der Waals surface area contributed by atoms with Crippen molar-refractivity contribution >= 4 is 0 Å². The van der Waals surface area contributed by atoms with Gasteiger partial charge in [0.05, 0.1) is 0 Å². The van der Waals surface area contributed by atoms with Crippen molar-refractivity contribution in [2.45, 2.75) is 68.7 Å². The molecule has 2 saturated carbocycles. The monoisotopic (exact) mass is 226 g/mol. The third kappa shape index (κ3) is 2.90. The SMILES string of the molecule is C.C=C1C2CC(C)C(C2)C1(C)C.CC.CC. The summed E-state index contributed by atoms with van der Waals surface area (Å²) in [5, 5.41) is 0. The van der Waals surface area contributed by atoms with E-state index in [9.17, 15) is 0 Å². The molecule has 0 N–H and O–H groups in total. The summed E-state index contributed by atoms with van der Waals surface area (Å²) in [6.07, 6.45) is 2.83. The van der Waals surface area contributed by atoms with Gasteiger partial charge in [-0.3, -0.25) is 0 Å². The Morgan fingerprint density at radius 2 is 1.50 bits per heavy atom. The third-order valence-corrected chi connectivity index (χ3v) is 4.13. The van der Waals surface area contributed by atoms with Gasteiger partial charge in [-0.25, -0.2) is 0 Å². The minimum absolute atomic E-state index is 0. The fourth-order valence-electron chi connectivity index (χ4n) is 3.30. The van der Waals surface area contributed by atoms with E-state index in [0.29, 0.717) is 5.41 Å². The van der Waals surface area contributed by atoms with Crippen molar-refractivity contribution in [3.8, 4) is 0 Å². The predicted molar refractivity (Wildman–Crippen MR) is 77.7 cm³/mol. The van der Waals surface area contributed by atoms with Crippen LogP contribution >= 0.6 is 0 Å². The van der Waals surface area contributed by atoms with Gasteiger partial charge >= 0.3 is 0 Å². The zero-order valence-corrected chi connectivity index (χ0v) is 11.9. The van der Waals surface area contributed by atoms with Crippen LogP contribution in [0.3, 0.4) is 0 Å². The van der Waals surface area contributed by atoms with Crippen LogP contribution in [-0.2, 0) is 0 Å². The summed E-state index contributed by atoms with van der Waals surface area (Å²) in [6.45, 7) is 19.4. The Balaban J connectivity index is 0. The molecule has 2 fully saturated rings. The molecule has 98 valence electrons. The Hall–Kier alpha value is -0.260. The lowest BCUT2D eigenvalue weighted by atomic mass is 9.69. The molecule has 2 bridgehead atoms. The van der Waals surface area contributed by atoms with Crippen molar-refractivity contribution in [1.29, 1.82) is 0 Å². The minimum atomic E-state index is 0. The van der Waals surface area contributed by atoms with Crippen LogP contribution in [0.4, 0.5) is 0 Å². The first-order valence-electron chi connectivity index (χ1n) is 6.72. The van der Waals surface area contributed by atoms with E-state index in [4.69, 9.17) is 0 Å². The van der Waals surface area contributed by atoms with E-state index in [1.165, 1.54) is 18.4 Å². The summed E-state index contributed by atoms with van der Waals surface area (Å²) in [5.74, 6) is 2.74. The summed E-state index contributed by atoms with van der Waals surface area (Å²) >= 11 is 0. The van der Waals surface area contributed by atoms with E-state index in [2.05, 4.69) is 27.4 Å². The molecular formula is C16H34. The van der Waals surface area contributed by atoms with Gasteiger partial charge in [-0.05, 0) is 36.0 Å². The molecule has 2 aliphatic rings. The molecule has 0 spiro atoms. The van der Waals surface area contributed by atoms with Crippen LogP contribution in [0.2, 0.25) is 0 Å². The highest BCUT2D eigenvalue weighted by atomic mass is 14.6. The Morgan fingerprint density at radius 1 is 1.06 bits per heavy atom. The highest BCUT2D eigenvalue weighted by molar-refractivity contribution is 5.23. The second kappa shape index (κ2) is 7.14. The first kappa shape index (κ1) is 18.1. The fourth-order valence-corrected chi connectivity index (χ4v) is 3.30. The van der Waals surface area contributed by atoms with Gasteiger partial charge in [-0.2, -0.15) is 0 Å². The molecule has 2 rings (SSSR count). The van der Waals surface area contributed by atoms with E-state index in [0.717, 1.165) is 17.8 Å². The van der Waals surface area contributed by atoms with Crippen molar-refractivity contribution in [2.24, 2.45) is 23.2 Å². The van der Waals surface area contributed by atoms with Crippen molar-refractivity contribution in [1.82, 2.24) is 0 Å². The van der Waals surface area contributed by atoms with Crippen LogP contribution in [-0.4, -0.2) is 0 Å². The predicted octanol–water partition coefficient (Wildman–Crippen LogP) is 5.93. The third-order valence-electron chi connectivity index (χ3n) is 4.13. The Bertz CT molecular complexity index is 200. The Labute approximate surface area is 105 Å². The minimum Gasteiger partial charge on any atom is -0.0990 e. The largest absolute Gasteiger partial charge is 0.0990 e. The van der Waals surface area contributed by atoms with Crippen molar-refractivity contribution < 1.29 is 0 Å². The van der Waals surface area contributed by atoms with Gasteiger partial charge in [-0.1, -0.05) is 68.0 Å². The van der Waals surface area contributed by atoms with Gasteiger partial charge in [0.1, 0.15) is 0 Å². The highest BCUT2D eigenvalue weighted by Gasteiger charge is 2.51. The number of hydrogen-bond donors (Lipinski definition) is 0. The molecule has 0 heterocycles. The second-order valence-electron chi connectivity index (χ2n) is 5.00. The molecule has 0 aromatic rings. The molecule has 0 heteroatoms. The summed E-state index contributed by atoms with van der Waals surface area (Å²) in [6, 6.07) is 0. The molecule has 0 aromatic heterocycles. The topological polar surface area (TPSA) is 0 Å². The number of fused-ring (bicyclic) bond motifs is 2. The molecule has 0 aromatic carbocycles. The fraction of sp³-hybridized carbons (Fsp3) is 0.875. The van der Waals surface area contributed by atoms with E-state index < -0.39 is 0 Å². The molecular weight excluding hydrogens is 192 g/mol.